The largest absolute Gasteiger partial charge is 0.324 e. The minimum atomic E-state index is -0.501. The Labute approximate surface area is 146 Å². The molecule has 0 radical (unpaired) electrons. The van der Waals surface area contributed by atoms with Gasteiger partial charge < -0.3 is 5.32 Å². The van der Waals surface area contributed by atoms with Crippen LogP contribution < -0.4 is 10.2 Å². The Morgan fingerprint density at radius 2 is 1.88 bits per heavy atom. The number of carbonyl (C=O) groups excluding carboxylic acids is 2. The summed E-state index contributed by atoms with van der Waals surface area (Å²) in [4.78, 5) is 26.6. The van der Waals surface area contributed by atoms with E-state index in [1.165, 1.54) is 0 Å². The maximum Gasteiger partial charge on any atom is 0.247 e. The molecule has 0 bridgehead atoms. The third-order valence-corrected chi connectivity index (χ3v) is 4.52. The van der Waals surface area contributed by atoms with Gasteiger partial charge >= 0.3 is 0 Å². The van der Waals surface area contributed by atoms with E-state index >= 15 is 0 Å². The van der Waals surface area contributed by atoms with Gasteiger partial charge in [0.2, 0.25) is 11.8 Å². The van der Waals surface area contributed by atoms with Gasteiger partial charge in [0.1, 0.15) is 6.04 Å². The number of nitrogens with one attached hydrogen (secondary N) is 1. The van der Waals surface area contributed by atoms with Gasteiger partial charge in [0, 0.05) is 22.8 Å². The molecule has 2 aromatic carbocycles. The van der Waals surface area contributed by atoms with E-state index in [0.29, 0.717) is 23.6 Å². The van der Waals surface area contributed by atoms with Crippen LogP contribution in [0.15, 0.2) is 42.5 Å². The van der Waals surface area contributed by atoms with E-state index in [9.17, 15) is 9.59 Å². The predicted octanol–water partition coefficient (Wildman–Crippen LogP) is 4.09. The number of hydrogen-bond donors (Lipinski definition) is 1. The fourth-order valence-corrected chi connectivity index (χ4v) is 3.07. The van der Waals surface area contributed by atoms with Gasteiger partial charge in [-0.05, 0) is 61.7 Å². The fourth-order valence-electron chi connectivity index (χ4n) is 2.94. The van der Waals surface area contributed by atoms with E-state index < -0.39 is 6.04 Å². The standard InChI is InChI=1S/C19H19ClN2O2/c1-12-3-4-13(2)16(11-12)21-19(24)17-9-10-18(23)22(17)15-7-5-14(20)6-8-15/h3-8,11,17H,9-10H2,1-2H3,(H,21,24). The molecule has 0 aromatic heterocycles. The summed E-state index contributed by atoms with van der Waals surface area (Å²) in [5, 5.41) is 3.56. The normalized spacial score (nSPS) is 17.2. The Morgan fingerprint density at radius 1 is 1.17 bits per heavy atom. The molecule has 1 fully saturated rings. The lowest BCUT2D eigenvalue weighted by Crippen LogP contribution is -2.41. The molecule has 2 aromatic rings. The highest BCUT2D eigenvalue weighted by molar-refractivity contribution is 6.30. The molecule has 1 saturated heterocycles. The van der Waals surface area contributed by atoms with Gasteiger partial charge in [0.05, 0.1) is 0 Å². The number of carbonyl (C=O) groups is 2. The number of benzene rings is 2. The Bertz CT molecular complexity index is 786. The summed E-state index contributed by atoms with van der Waals surface area (Å²) in [6.45, 7) is 3.93. The molecule has 3 rings (SSSR count). The van der Waals surface area contributed by atoms with Crippen LogP contribution in [0.5, 0.6) is 0 Å². The molecule has 4 nitrogen and oxygen atoms in total. The van der Waals surface area contributed by atoms with Gasteiger partial charge in [-0.3, -0.25) is 14.5 Å². The van der Waals surface area contributed by atoms with Crippen molar-refractivity contribution in [2.45, 2.75) is 32.7 Å². The van der Waals surface area contributed by atoms with Gasteiger partial charge in [0.15, 0.2) is 0 Å². The summed E-state index contributed by atoms with van der Waals surface area (Å²) in [6, 6.07) is 12.4. The van der Waals surface area contributed by atoms with Crippen LogP contribution in [-0.4, -0.2) is 17.9 Å². The molecule has 1 N–H and O–H groups in total. The second-order valence-electron chi connectivity index (χ2n) is 6.10. The van der Waals surface area contributed by atoms with Crippen LogP contribution in [0.2, 0.25) is 5.02 Å². The summed E-state index contributed by atoms with van der Waals surface area (Å²) in [6.07, 6.45) is 0.881. The Hall–Kier alpha value is -2.33. The van der Waals surface area contributed by atoms with Crippen molar-refractivity contribution in [1.29, 1.82) is 0 Å². The Morgan fingerprint density at radius 3 is 2.58 bits per heavy atom. The zero-order chi connectivity index (χ0) is 17.3. The molecular weight excluding hydrogens is 324 g/mol. The minimum Gasteiger partial charge on any atom is -0.324 e. The van der Waals surface area contributed by atoms with Crippen LogP contribution in [-0.2, 0) is 9.59 Å². The SMILES string of the molecule is Cc1ccc(C)c(NC(=O)C2CCC(=O)N2c2ccc(Cl)cc2)c1. The van der Waals surface area contributed by atoms with Gasteiger partial charge in [-0.25, -0.2) is 0 Å². The lowest BCUT2D eigenvalue weighted by Gasteiger charge is -2.24. The average molecular weight is 343 g/mol. The summed E-state index contributed by atoms with van der Waals surface area (Å²) in [7, 11) is 0. The zero-order valence-corrected chi connectivity index (χ0v) is 14.4. The monoisotopic (exact) mass is 342 g/mol. The van der Waals surface area contributed by atoms with Gasteiger partial charge in [0.25, 0.3) is 0 Å². The van der Waals surface area contributed by atoms with Crippen molar-refractivity contribution >= 4 is 34.8 Å². The third kappa shape index (κ3) is 3.29. The second kappa shape index (κ2) is 6.65. The first-order valence-electron chi connectivity index (χ1n) is 7.91. The quantitative estimate of drug-likeness (QED) is 0.913. The van der Waals surface area contributed by atoms with Crippen molar-refractivity contribution < 1.29 is 9.59 Å². The van der Waals surface area contributed by atoms with Crippen LogP contribution in [0, 0.1) is 13.8 Å². The lowest BCUT2D eigenvalue weighted by molar-refractivity contribution is -0.120. The van der Waals surface area contributed by atoms with E-state index in [-0.39, 0.29) is 11.8 Å². The van der Waals surface area contributed by atoms with E-state index in [1.54, 1.807) is 29.2 Å². The highest BCUT2D eigenvalue weighted by Crippen LogP contribution is 2.29. The van der Waals surface area contributed by atoms with Crippen LogP contribution in [0.4, 0.5) is 11.4 Å². The molecule has 1 aliphatic rings. The molecule has 2 amide bonds. The van der Waals surface area contributed by atoms with Gasteiger partial charge in [-0.2, -0.15) is 0 Å². The van der Waals surface area contributed by atoms with Crippen molar-refractivity contribution in [2.75, 3.05) is 10.2 Å². The van der Waals surface area contributed by atoms with Crippen LogP contribution >= 0.6 is 11.6 Å². The molecule has 0 aliphatic carbocycles. The minimum absolute atomic E-state index is 0.0431. The average Bonchev–Trinajstić information content (AvgIpc) is 2.93. The highest BCUT2D eigenvalue weighted by Gasteiger charge is 2.37. The molecule has 1 unspecified atom stereocenters. The van der Waals surface area contributed by atoms with Gasteiger partial charge in [-0.1, -0.05) is 23.7 Å². The Balaban J connectivity index is 1.84. The molecule has 0 spiro atoms. The van der Waals surface area contributed by atoms with Crippen molar-refractivity contribution in [3.8, 4) is 0 Å². The van der Waals surface area contributed by atoms with E-state index in [4.69, 9.17) is 11.6 Å². The van der Waals surface area contributed by atoms with Crippen LogP contribution in [0.3, 0.4) is 0 Å². The fraction of sp³-hybridized carbons (Fsp3) is 0.263. The molecule has 124 valence electrons. The molecular formula is C19H19ClN2O2. The number of rotatable bonds is 3. The molecule has 0 saturated carbocycles. The highest BCUT2D eigenvalue weighted by atomic mass is 35.5. The number of anilines is 2. The predicted molar refractivity (Wildman–Crippen MR) is 96.5 cm³/mol. The van der Waals surface area contributed by atoms with Crippen molar-refractivity contribution in [3.05, 3.63) is 58.6 Å². The summed E-state index contributed by atoms with van der Waals surface area (Å²) in [5.74, 6) is -0.206. The lowest BCUT2D eigenvalue weighted by atomic mass is 10.1. The van der Waals surface area contributed by atoms with Crippen molar-refractivity contribution in [1.82, 2.24) is 0 Å². The van der Waals surface area contributed by atoms with Crippen molar-refractivity contribution in [2.24, 2.45) is 0 Å². The Kier molecular flexibility index (Phi) is 4.58. The summed E-state index contributed by atoms with van der Waals surface area (Å²) < 4.78 is 0. The van der Waals surface area contributed by atoms with E-state index in [0.717, 1.165) is 16.8 Å². The third-order valence-electron chi connectivity index (χ3n) is 4.27. The second-order valence-corrected chi connectivity index (χ2v) is 6.54. The van der Waals surface area contributed by atoms with Crippen molar-refractivity contribution in [3.63, 3.8) is 0 Å². The topological polar surface area (TPSA) is 49.4 Å². The number of amides is 2. The molecule has 5 heteroatoms. The first-order valence-corrected chi connectivity index (χ1v) is 8.29. The van der Waals surface area contributed by atoms with Gasteiger partial charge in [-0.15, -0.1) is 0 Å². The number of nitrogens with zero attached hydrogens (tertiary/aromatic N) is 1. The van der Waals surface area contributed by atoms with E-state index in [2.05, 4.69) is 5.32 Å². The number of aryl methyl sites for hydroxylation is 2. The molecule has 24 heavy (non-hydrogen) atoms. The smallest absolute Gasteiger partial charge is 0.247 e. The first-order chi connectivity index (χ1) is 11.5. The van der Waals surface area contributed by atoms with Crippen LogP contribution in [0.1, 0.15) is 24.0 Å². The maximum absolute atomic E-state index is 12.7. The first kappa shape index (κ1) is 16.5. The molecule has 1 atom stereocenters. The number of hydrogen-bond acceptors (Lipinski definition) is 2. The van der Waals surface area contributed by atoms with E-state index in [1.807, 2.05) is 32.0 Å². The summed E-state index contributed by atoms with van der Waals surface area (Å²) >= 11 is 5.91. The van der Waals surface area contributed by atoms with Crippen LogP contribution in [0.25, 0.3) is 0 Å². The number of halogens is 1. The zero-order valence-electron chi connectivity index (χ0n) is 13.7. The summed E-state index contributed by atoms with van der Waals surface area (Å²) in [5.41, 5.74) is 3.56. The molecule has 1 aliphatic heterocycles. The maximum atomic E-state index is 12.7. The molecule has 1 heterocycles.